The van der Waals surface area contributed by atoms with Crippen molar-refractivity contribution in [2.24, 2.45) is 5.92 Å². The fraction of sp³-hybridized carbons (Fsp3) is 0.647. The van der Waals surface area contributed by atoms with E-state index in [1.54, 1.807) is 17.3 Å². The summed E-state index contributed by atoms with van der Waals surface area (Å²) in [5.74, 6) is 1.34. The molecule has 0 spiro atoms. The predicted octanol–water partition coefficient (Wildman–Crippen LogP) is 3.23. The molecular formula is C17H26Cl2N2O3S. The molecule has 0 bridgehead atoms. The summed E-state index contributed by atoms with van der Waals surface area (Å²) >= 11 is 6.13. The summed E-state index contributed by atoms with van der Waals surface area (Å²) in [6.07, 6.45) is 4.37. The van der Waals surface area contributed by atoms with E-state index in [0.29, 0.717) is 35.5 Å². The number of methoxy groups -OCH3 is 1. The largest absolute Gasteiger partial charge is 0.495 e. The van der Waals surface area contributed by atoms with Gasteiger partial charge in [0.15, 0.2) is 0 Å². The highest BCUT2D eigenvalue weighted by atomic mass is 35.5. The highest BCUT2D eigenvalue weighted by molar-refractivity contribution is 7.89. The molecule has 0 unspecified atom stereocenters. The number of hydrogen-bond acceptors (Lipinski definition) is 4. The molecule has 1 aliphatic carbocycles. The first-order valence-electron chi connectivity index (χ1n) is 8.49. The van der Waals surface area contributed by atoms with Gasteiger partial charge >= 0.3 is 0 Å². The van der Waals surface area contributed by atoms with Crippen LogP contribution in [0.25, 0.3) is 0 Å². The van der Waals surface area contributed by atoms with E-state index in [2.05, 4.69) is 5.32 Å². The Kier molecular flexibility index (Phi) is 7.01. The highest BCUT2D eigenvalue weighted by Crippen LogP contribution is 2.32. The van der Waals surface area contributed by atoms with Gasteiger partial charge in [-0.25, -0.2) is 8.42 Å². The van der Waals surface area contributed by atoms with Crippen LogP contribution in [0.15, 0.2) is 17.0 Å². The van der Waals surface area contributed by atoms with Crippen LogP contribution in [-0.2, 0) is 10.0 Å². The van der Waals surface area contributed by atoms with Gasteiger partial charge in [0.1, 0.15) is 5.75 Å². The van der Waals surface area contributed by atoms with E-state index < -0.39 is 10.0 Å². The van der Waals surface area contributed by atoms with Crippen molar-refractivity contribution in [1.82, 2.24) is 9.62 Å². The molecule has 8 heteroatoms. The molecule has 0 aromatic heterocycles. The maximum atomic E-state index is 12.9. The molecule has 0 amide bonds. The third-order valence-corrected chi connectivity index (χ3v) is 7.25. The Morgan fingerprint density at radius 1 is 1.24 bits per heavy atom. The van der Waals surface area contributed by atoms with Gasteiger partial charge in [0, 0.05) is 19.1 Å². The van der Waals surface area contributed by atoms with Gasteiger partial charge in [-0.1, -0.05) is 11.6 Å². The monoisotopic (exact) mass is 408 g/mol. The van der Waals surface area contributed by atoms with Crippen molar-refractivity contribution in [3.63, 3.8) is 0 Å². The first-order chi connectivity index (χ1) is 11.4. The van der Waals surface area contributed by atoms with Crippen LogP contribution in [0.5, 0.6) is 5.75 Å². The number of aryl methyl sites for hydroxylation is 1. The zero-order valence-electron chi connectivity index (χ0n) is 14.6. The summed E-state index contributed by atoms with van der Waals surface area (Å²) in [4.78, 5) is 0.276. The van der Waals surface area contributed by atoms with E-state index in [4.69, 9.17) is 16.3 Å². The van der Waals surface area contributed by atoms with E-state index in [1.807, 2.05) is 0 Å². The zero-order chi connectivity index (χ0) is 17.3. The summed E-state index contributed by atoms with van der Waals surface area (Å²) in [6, 6.07) is 3.61. The van der Waals surface area contributed by atoms with Gasteiger partial charge in [-0.2, -0.15) is 4.31 Å². The molecule has 25 heavy (non-hydrogen) atoms. The normalized spacial score (nSPS) is 19.5. The van der Waals surface area contributed by atoms with Crippen molar-refractivity contribution in [2.75, 3.05) is 26.7 Å². The van der Waals surface area contributed by atoms with Crippen LogP contribution in [0.1, 0.15) is 31.2 Å². The van der Waals surface area contributed by atoms with Crippen LogP contribution in [0.2, 0.25) is 5.02 Å². The fourth-order valence-electron chi connectivity index (χ4n) is 3.17. The van der Waals surface area contributed by atoms with Gasteiger partial charge in [-0.05, 0) is 62.8 Å². The summed E-state index contributed by atoms with van der Waals surface area (Å²) in [7, 11) is -1.99. The van der Waals surface area contributed by atoms with Crippen LogP contribution in [0, 0.1) is 12.8 Å². The molecule has 2 fully saturated rings. The molecule has 3 rings (SSSR count). The Bertz CT molecular complexity index is 700. The first kappa shape index (κ1) is 20.8. The third-order valence-electron chi connectivity index (χ3n) is 4.91. The average molecular weight is 409 g/mol. The number of hydrogen-bond donors (Lipinski definition) is 1. The van der Waals surface area contributed by atoms with Gasteiger partial charge in [-0.15, -0.1) is 12.4 Å². The van der Waals surface area contributed by atoms with Crippen LogP contribution in [0.3, 0.4) is 0 Å². The van der Waals surface area contributed by atoms with Gasteiger partial charge in [0.2, 0.25) is 10.0 Å². The van der Waals surface area contributed by atoms with Crippen molar-refractivity contribution < 1.29 is 13.2 Å². The molecular weight excluding hydrogens is 383 g/mol. The Morgan fingerprint density at radius 3 is 2.44 bits per heavy atom. The lowest BCUT2D eigenvalue weighted by Crippen LogP contribution is -2.45. The quantitative estimate of drug-likeness (QED) is 0.784. The summed E-state index contributed by atoms with van der Waals surface area (Å²) in [6.45, 7) is 3.95. The highest BCUT2D eigenvalue weighted by Gasteiger charge is 2.31. The van der Waals surface area contributed by atoms with Gasteiger partial charge < -0.3 is 10.1 Å². The maximum absolute atomic E-state index is 12.9. The number of piperidine rings is 1. The Morgan fingerprint density at radius 2 is 1.88 bits per heavy atom. The molecule has 1 aromatic rings. The van der Waals surface area contributed by atoms with E-state index >= 15 is 0 Å². The van der Waals surface area contributed by atoms with Crippen molar-refractivity contribution in [1.29, 1.82) is 0 Å². The molecule has 0 radical (unpaired) electrons. The molecule has 1 N–H and O–H groups in total. The summed E-state index contributed by atoms with van der Waals surface area (Å²) < 4.78 is 32.6. The van der Waals surface area contributed by atoms with Crippen LogP contribution < -0.4 is 10.1 Å². The maximum Gasteiger partial charge on any atom is 0.243 e. The summed E-state index contributed by atoms with van der Waals surface area (Å²) in [5.41, 5.74) is 0.658. The van der Waals surface area contributed by atoms with Crippen molar-refractivity contribution >= 4 is 34.0 Å². The topological polar surface area (TPSA) is 58.6 Å². The average Bonchev–Trinajstić information content (AvgIpc) is 3.39. The molecule has 1 aromatic carbocycles. The Balaban J connectivity index is 0.00000225. The fourth-order valence-corrected chi connectivity index (χ4v) is 5.17. The number of nitrogens with zero attached hydrogens (tertiary/aromatic N) is 1. The molecule has 0 atom stereocenters. The van der Waals surface area contributed by atoms with Gasteiger partial charge in [0.05, 0.1) is 17.0 Å². The minimum Gasteiger partial charge on any atom is -0.495 e. The van der Waals surface area contributed by atoms with Crippen LogP contribution >= 0.6 is 24.0 Å². The second kappa shape index (κ2) is 8.44. The molecule has 142 valence electrons. The van der Waals surface area contributed by atoms with E-state index in [9.17, 15) is 8.42 Å². The standard InChI is InChI=1S/C17H25ClN2O3S.ClH/c1-12-9-16(23-2)15(18)10-17(12)24(21,22)20-7-5-14(6-8-20)19-11-13-3-4-13;/h9-10,13-14,19H,3-8,11H2,1-2H3;1H. The second-order valence-electron chi connectivity index (χ2n) is 6.78. The van der Waals surface area contributed by atoms with E-state index in [1.165, 1.54) is 26.0 Å². The van der Waals surface area contributed by atoms with Gasteiger partial charge in [-0.3, -0.25) is 0 Å². The molecule has 1 saturated carbocycles. The Hall–Kier alpha value is -0.530. The minimum atomic E-state index is -3.52. The number of halogens is 2. The molecule has 1 saturated heterocycles. The number of nitrogens with one attached hydrogen (secondary N) is 1. The lowest BCUT2D eigenvalue weighted by molar-refractivity contribution is 0.288. The third kappa shape index (κ3) is 4.80. The van der Waals surface area contributed by atoms with Gasteiger partial charge in [0.25, 0.3) is 0 Å². The SMILES string of the molecule is COc1cc(C)c(S(=O)(=O)N2CCC(NCC3CC3)CC2)cc1Cl.Cl. The lowest BCUT2D eigenvalue weighted by atomic mass is 10.1. The molecule has 2 aliphatic rings. The number of benzene rings is 1. The van der Waals surface area contributed by atoms with Crippen molar-refractivity contribution in [3.8, 4) is 5.75 Å². The van der Waals surface area contributed by atoms with Crippen LogP contribution in [-0.4, -0.2) is 45.5 Å². The molecule has 1 aliphatic heterocycles. The van der Waals surface area contributed by atoms with E-state index in [-0.39, 0.29) is 17.3 Å². The molecule has 1 heterocycles. The Labute approximate surface area is 161 Å². The number of sulfonamides is 1. The number of ether oxygens (including phenoxy) is 1. The lowest BCUT2D eigenvalue weighted by Gasteiger charge is -2.32. The minimum absolute atomic E-state index is 0. The van der Waals surface area contributed by atoms with E-state index in [0.717, 1.165) is 25.3 Å². The van der Waals surface area contributed by atoms with Crippen molar-refractivity contribution in [2.45, 2.75) is 43.5 Å². The molecule has 5 nitrogen and oxygen atoms in total. The van der Waals surface area contributed by atoms with Crippen molar-refractivity contribution in [3.05, 3.63) is 22.7 Å². The smallest absolute Gasteiger partial charge is 0.243 e. The first-order valence-corrected chi connectivity index (χ1v) is 10.3. The van der Waals surface area contributed by atoms with Crippen LogP contribution in [0.4, 0.5) is 0 Å². The number of rotatable bonds is 6. The second-order valence-corrected chi connectivity index (χ2v) is 9.10. The summed E-state index contributed by atoms with van der Waals surface area (Å²) in [5, 5.41) is 3.89. The zero-order valence-corrected chi connectivity index (χ0v) is 17.0. The predicted molar refractivity (Wildman–Crippen MR) is 102 cm³/mol.